The molecule has 204 valence electrons. The molecule has 0 bridgehead atoms. The van der Waals surface area contributed by atoms with Crippen molar-refractivity contribution in [1.29, 1.82) is 5.26 Å². The van der Waals surface area contributed by atoms with Gasteiger partial charge in [-0.1, -0.05) is 71.4 Å². The van der Waals surface area contributed by atoms with Crippen LogP contribution in [0.15, 0.2) is 94.7 Å². The van der Waals surface area contributed by atoms with Crippen LogP contribution < -0.4 is 20.7 Å². The predicted octanol–water partition coefficient (Wildman–Crippen LogP) is 7.10. The highest BCUT2D eigenvalue weighted by Crippen LogP contribution is 2.44. The average molecular weight is 594 g/mol. The standard InChI is InChI=1S/C30H26Cl2N4O3S/c1-3-39-25-12-8-7-11-23(25)28-24(16-33)30(40-17-26(37)35-22-14-19(31)13-20(32)15-22)34-18(2)27(28)29(38)36-21-9-5-4-6-10-21/h4-15,28,34H,3,17H2,1-2H3,(H,35,37)(H,36,38). The van der Waals surface area contributed by atoms with E-state index in [0.29, 0.717) is 61.2 Å². The Hall–Kier alpha value is -3.90. The molecule has 1 atom stereocenters. The lowest BCUT2D eigenvalue weighted by molar-refractivity contribution is -0.114. The minimum Gasteiger partial charge on any atom is -0.494 e. The Labute approximate surface area is 247 Å². The zero-order chi connectivity index (χ0) is 28.6. The van der Waals surface area contributed by atoms with Crippen LogP contribution in [0.1, 0.15) is 25.3 Å². The second-order valence-electron chi connectivity index (χ2n) is 8.74. The molecular formula is C30H26Cl2N4O3S. The molecule has 3 aromatic rings. The number of dihydropyridines is 1. The van der Waals surface area contributed by atoms with E-state index >= 15 is 0 Å². The molecule has 40 heavy (non-hydrogen) atoms. The van der Waals surface area contributed by atoms with Crippen LogP contribution in [0.2, 0.25) is 10.0 Å². The van der Waals surface area contributed by atoms with Crippen molar-refractivity contribution >= 4 is 58.2 Å². The van der Waals surface area contributed by atoms with Gasteiger partial charge in [0.2, 0.25) is 5.91 Å². The van der Waals surface area contributed by atoms with Gasteiger partial charge in [0.15, 0.2) is 0 Å². The first-order valence-electron chi connectivity index (χ1n) is 12.4. The van der Waals surface area contributed by atoms with Gasteiger partial charge in [0.1, 0.15) is 5.75 Å². The van der Waals surface area contributed by atoms with E-state index in [-0.39, 0.29) is 17.6 Å². The van der Waals surface area contributed by atoms with Crippen molar-refractivity contribution in [2.75, 3.05) is 23.0 Å². The lowest BCUT2D eigenvalue weighted by Crippen LogP contribution is -2.31. The van der Waals surface area contributed by atoms with Crippen molar-refractivity contribution in [1.82, 2.24) is 5.32 Å². The molecule has 10 heteroatoms. The maximum Gasteiger partial charge on any atom is 0.254 e. The lowest BCUT2D eigenvalue weighted by atomic mass is 9.81. The molecule has 1 heterocycles. The molecule has 0 aliphatic carbocycles. The molecule has 1 unspecified atom stereocenters. The van der Waals surface area contributed by atoms with Crippen molar-refractivity contribution in [3.63, 3.8) is 0 Å². The van der Waals surface area contributed by atoms with Crippen molar-refractivity contribution in [2.24, 2.45) is 0 Å². The van der Waals surface area contributed by atoms with Crippen molar-refractivity contribution in [3.05, 3.63) is 110 Å². The Morgan fingerprint density at radius 2 is 1.68 bits per heavy atom. The summed E-state index contributed by atoms with van der Waals surface area (Å²) in [5, 5.41) is 20.6. The fraction of sp³-hybridized carbons (Fsp3) is 0.167. The molecule has 1 aliphatic rings. The van der Waals surface area contributed by atoms with Gasteiger partial charge < -0.3 is 20.7 Å². The summed E-state index contributed by atoms with van der Waals surface area (Å²) in [4.78, 5) is 26.4. The second kappa shape index (κ2) is 13.4. The van der Waals surface area contributed by atoms with Crippen molar-refractivity contribution in [2.45, 2.75) is 19.8 Å². The molecule has 4 rings (SSSR count). The Balaban J connectivity index is 1.67. The van der Waals surface area contributed by atoms with Gasteiger partial charge in [-0.25, -0.2) is 0 Å². The number of nitriles is 1. The SMILES string of the molecule is CCOc1ccccc1C1C(C#N)=C(SCC(=O)Nc2cc(Cl)cc(Cl)c2)NC(C)=C1C(=O)Nc1ccccc1. The number of allylic oxidation sites excluding steroid dienone is 2. The zero-order valence-corrected chi connectivity index (χ0v) is 24.1. The summed E-state index contributed by atoms with van der Waals surface area (Å²) in [6, 6.07) is 23.5. The monoisotopic (exact) mass is 592 g/mol. The molecule has 1 aliphatic heterocycles. The van der Waals surface area contributed by atoms with Gasteiger partial charge in [0.25, 0.3) is 5.91 Å². The first-order valence-corrected chi connectivity index (χ1v) is 14.1. The fourth-order valence-corrected chi connectivity index (χ4v) is 5.74. The molecule has 3 aromatic carbocycles. The summed E-state index contributed by atoms with van der Waals surface area (Å²) in [5.41, 5.74) is 3.03. The zero-order valence-electron chi connectivity index (χ0n) is 21.8. The first kappa shape index (κ1) is 29.1. The molecule has 0 saturated carbocycles. The number of thioether (sulfide) groups is 1. The highest BCUT2D eigenvalue weighted by atomic mass is 35.5. The van der Waals surface area contributed by atoms with Crippen LogP contribution in [-0.4, -0.2) is 24.2 Å². The van der Waals surface area contributed by atoms with E-state index in [1.165, 1.54) is 11.8 Å². The summed E-state index contributed by atoms with van der Waals surface area (Å²) in [5.74, 6) is -0.816. The van der Waals surface area contributed by atoms with Crippen LogP contribution in [0, 0.1) is 11.3 Å². The number of ether oxygens (including phenoxy) is 1. The summed E-state index contributed by atoms with van der Waals surface area (Å²) in [6.45, 7) is 4.06. The molecule has 0 fully saturated rings. The van der Waals surface area contributed by atoms with Gasteiger partial charge in [-0.15, -0.1) is 0 Å². The summed E-state index contributed by atoms with van der Waals surface area (Å²) in [7, 11) is 0. The van der Waals surface area contributed by atoms with Crippen molar-refractivity contribution < 1.29 is 14.3 Å². The quantitative estimate of drug-likeness (QED) is 0.245. The number of hydrogen-bond acceptors (Lipinski definition) is 6. The smallest absolute Gasteiger partial charge is 0.254 e. The third-order valence-corrected chi connectivity index (χ3v) is 7.40. The van der Waals surface area contributed by atoms with Gasteiger partial charge in [0.05, 0.1) is 34.9 Å². The minimum absolute atomic E-state index is 0.00367. The molecule has 0 spiro atoms. The number of anilines is 2. The van der Waals surface area contributed by atoms with Crippen LogP contribution in [0.3, 0.4) is 0 Å². The van der Waals surface area contributed by atoms with Crippen molar-refractivity contribution in [3.8, 4) is 11.8 Å². The molecule has 0 aromatic heterocycles. The van der Waals surface area contributed by atoms with E-state index in [0.717, 1.165) is 0 Å². The normalized spacial score (nSPS) is 14.7. The van der Waals surface area contributed by atoms with Crippen LogP contribution in [0.25, 0.3) is 0 Å². The van der Waals surface area contributed by atoms with Gasteiger partial charge in [-0.05, 0) is 50.2 Å². The van der Waals surface area contributed by atoms with Crippen LogP contribution in [0.4, 0.5) is 11.4 Å². The molecule has 7 nitrogen and oxygen atoms in total. The Morgan fingerprint density at radius 3 is 2.35 bits per heavy atom. The third kappa shape index (κ3) is 6.99. The van der Waals surface area contributed by atoms with E-state index < -0.39 is 5.92 Å². The number of hydrogen-bond donors (Lipinski definition) is 3. The predicted molar refractivity (Wildman–Crippen MR) is 161 cm³/mol. The highest BCUT2D eigenvalue weighted by molar-refractivity contribution is 8.03. The van der Waals surface area contributed by atoms with E-state index in [2.05, 4.69) is 22.0 Å². The number of nitrogens with zero attached hydrogens (tertiary/aromatic N) is 1. The second-order valence-corrected chi connectivity index (χ2v) is 10.6. The summed E-state index contributed by atoms with van der Waals surface area (Å²) < 4.78 is 5.88. The summed E-state index contributed by atoms with van der Waals surface area (Å²) in [6.07, 6.45) is 0. The molecule has 0 radical (unpaired) electrons. The van der Waals surface area contributed by atoms with E-state index in [9.17, 15) is 14.9 Å². The third-order valence-electron chi connectivity index (χ3n) is 5.95. The number of nitrogens with one attached hydrogen (secondary N) is 3. The van der Waals surface area contributed by atoms with E-state index in [1.54, 1.807) is 37.3 Å². The van der Waals surface area contributed by atoms with Gasteiger partial charge in [-0.2, -0.15) is 5.26 Å². The lowest BCUT2D eigenvalue weighted by Gasteiger charge is -2.30. The van der Waals surface area contributed by atoms with E-state index in [4.69, 9.17) is 27.9 Å². The fourth-order valence-electron chi connectivity index (χ4n) is 4.33. The molecule has 2 amide bonds. The van der Waals surface area contributed by atoms with Gasteiger partial charge in [-0.3, -0.25) is 9.59 Å². The molecule has 0 saturated heterocycles. The number of amides is 2. The van der Waals surface area contributed by atoms with Crippen LogP contribution in [0.5, 0.6) is 5.75 Å². The maximum atomic E-state index is 13.6. The largest absolute Gasteiger partial charge is 0.494 e. The first-order chi connectivity index (χ1) is 19.3. The number of benzene rings is 3. The number of halogens is 2. The van der Waals surface area contributed by atoms with Crippen LogP contribution >= 0.6 is 35.0 Å². The van der Waals surface area contributed by atoms with E-state index in [1.807, 2.05) is 49.4 Å². The number of carbonyl (C=O) groups is 2. The molecular weight excluding hydrogens is 567 g/mol. The highest BCUT2D eigenvalue weighted by Gasteiger charge is 2.36. The number of rotatable bonds is 9. The van der Waals surface area contributed by atoms with Crippen LogP contribution in [-0.2, 0) is 9.59 Å². The Bertz CT molecular complexity index is 1510. The van der Waals surface area contributed by atoms with Gasteiger partial charge in [0, 0.05) is 38.3 Å². The molecule has 3 N–H and O–H groups in total. The Kier molecular flexibility index (Phi) is 9.78. The topological polar surface area (TPSA) is 103 Å². The number of para-hydroxylation sites is 2. The minimum atomic E-state index is -0.727. The van der Waals surface area contributed by atoms with Gasteiger partial charge >= 0.3 is 0 Å². The Morgan fingerprint density at radius 1 is 1.00 bits per heavy atom. The maximum absolute atomic E-state index is 13.6. The average Bonchev–Trinajstić information content (AvgIpc) is 2.92. The number of carbonyl (C=O) groups excluding carboxylic acids is 2. The summed E-state index contributed by atoms with van der Waals surface area (Å²) >= 11 is 13.3.